The maximum Gasteiger partial charge on any atom is 0.341 e. The molecule has 9 heteroatoms. The van der Waals surface area contributed by atoms with E-state index in [1.165, 1.54) is 25.2 Å². The molecular formula is C11H10ClN3O4S. The Labute approximate surface area is 119 Å². The molecule has 0 fully saturated rings. The van der Waals surface area contributed by atoms with Crippen LogP contribution >= 0.6 is 11.6 Å². The van der Waals surface area contributed by atoms with Crippen molar-refractivity contribution in [1.29, 1.82) is 0 Å². The van der Waals surface area contributed by atoms with E-state index in [0.29, 0.717) is 0 Å². The largest absolute Gasteiger partial charge is 0.477 e. The highest BCUT2D eigenvalue weighted by Gasteiger charge is 2.23. The van der Waals surface area contributed by atoms with Gasteiger partial charge in [0.25, 0.3) is 10.0 Å². The van der Waals surface area contributed by atoms with Gasteiger partial charge in [-0.15, -0.1) is 0 Å². The molecule has 7 nitrogen and oxygen atoms in total. The van der Waals surface area contributed by atoms with Gasteiger partial charge in [-0.2, -0.15) is 5.10 Å². The smallest absolute Gasteiger partial charge is 0.341 e. The van der Waals surface area contributed by atoms with Gasteiger partial charge >= 0.3 is 5.97 Å². The molecule has 0 aliphatic heterocycles. The Kier molecular flexibility index (Phi) is 3.69. The van der Waals surface area contributed by atoms with Gasteiger partial charge in [0.2, 0.25) is 0 Å². The maximum atomic E-state index is 12.2. The van der Waals surface area contributed by atoms with Crippen molar-refractivity contribution < 1.29 is 18.3 Å². The SMILES string of the molecule is Cn1ncc(C(=O)O)c1NS(=O)(=O)c1ccccc1Cl. The number of carboxylic acid groups (broad SMARTS) is 1. The average molecular weight is 316 g/mol. The zero-order valence-corrected chi connectivity index (χ0v) is 11.8. The zero-order valence-electron chi connectivity index (χ0n) is 10.2. The first-order chi connectivity index (χ1) is 9.33. The second-order valence-electron chi connectivity index (χ2n) is 3.87. The number of sulfonamides is 1. The van der Waals surface area contributed by atoms with Crippen LogP contribution in [0.25, 0.3) is 0 Å². The number of halogens is 1. The van der Waals surface area contributed by atoms with Crippen molar-refractivity contribution in [3.8, 4) is 0 Å². The molecule has 0 saturated heterocycles. The number of nitrogens with zero attached hydrogens (tertiary/aromatic N) is 2. The van der Waals surface area contributed by atoms with E-state index in [-0.39, 0.29) is 21.3 Å². The van der Waals surface area contributed by atoms with Gasteiger partial charge < -0.3 is 5.11 Å². The van der Waals surface area contributed by atoms with Gasteiger partial charge in [0, 0.05) is 7.05 Å². The summed E-state index contributed by atoms with van der Waals surface area (Å²) in [6.07, 6.45) is 1.06. The van der Waals surface area contributed by atoms with E-state index in [1.54, 1.807) is 6.07 Å². The molecule has 0 saturated carbocycles. The minimum Gasteiger partial charge on any atom is -0.477 e. The molecule has 0 spiro atoms. The molecule has 0 atom stereocenters. The number of hydrogen-bond donors (Lipinski definition) is 2. The zero-order chi connectivity index (χ0) is 14.9. The number of hydrogen-bond acceptors (Lipinski definition) is 4. The van der Waals surface area contributed by atoms with Gasteiger partial charge in [-0.25, -0.2) is 13.2 Å². The Hall–Kier alpha value is -2.06. The number of aromatic carboxylic acids is 1. The Balaban J connectivity index is 2.47. The Morgan fingerprint density at radius 1 is 1.40 bits per heavy atom. The fraction of sp³-hybridized carbons (Fsp3) is 0.0909. The van der Waals surface area contributed by atoms with Crippen molar-refractivity contribution in [1.82, 2.24) is 9.78 Å². The quantitative estimate of drug-likeness (QED) is 0.891. The summed E-state index contributed by atoms with van der Waals surface area (Å²) < 4.78 is 27.7. The Morgan fingerprint density at radius 2 is 2.05 bits per heavy atom. The van der Waals surface area contributed by atoms with E-state index in [1.807, 2.05) is 0 Å². The second-order valence-corrected chi connectivity index (χ2v) is 5.93. The van der Waals surface area contributed by atoms with Crippen molar-refractivity contribution in [3.63, 3.8) is 0 Å². The number of benzene rings is 1. The van der Waals surface area contributed by atoms with Crippen LogP contribution in [0, 0.1) is 0 Å². The minimum atomic E-state index is -4.00. The van der Waals surface area contributed by atoms with Crippen LogP contribution in [0.5, 0.6) is 0 Å². The molecule has 0 unspecified atom stereocenters. The number of anilines is 1. The molecule has 0 amide bonds. The molecule has 2 rings (SSSR count). The Morgan fingerprint density at radius 3 is 2.65 bits per heavy atom. The Bertz CT molecular complexity index is 770. The van der Waals surface area contributed by atoms with Crippen molar-refractivity contribution in [2.45, 2.75) is 4.90 Å². The molecule has 0 aliphatic rings. The maximum absolute atomic E-state index is 12.2. The number of aromatic nitrogens is 2. The number of carboxylic acids is 1. The van der Waals surface area contributed by atoms with Crippen LogP contribution in [0.4, 0.5) is 5.82 Å². The highest BCUT2D eigenvalue weighted by molar-refractivity contribution is 7.92. The van der Waals surface area contributed by atoms with Gasteiger partial charge in [-0.1, -0.05) is 23.7 Å². The molecule has 2 N–H and O–H groups in total. The van der Waals surface area contributed by atoms with E-state index in [4.69, 9.17) is 16.7 Å². The third-order valence-electron chi connectivity index (χ3n) is 2.53. The molecule has 1 heterocycles. The summed E-state index contributed by atoms with van der Waals surface area (Å²) in [7, 11) is -2.57. The topological polar surface area (TPSA) is 101 Å². The molecule has 1 aromatic carbocycles. The van der Waals surface area contributed by atoms with Gasteiger partial charge in [0.15, 0.2) is 5.82 Å². The summed E-state index contributed by atoms with van der Waals surface area (Å²) in [6.45, 7) is 0. The van der Waals surface area contributed by atoms with Crippen LogP contribution in [0.3, 0.4) is 0 Å². The predicted molar refractivity (Wildman–Crippen MR) is 72.4 cm³/mol. The first kappa shape index (κ1) is 14.4. The van der Waals surface area contributed by atoms with E-state index in [9.17, 15) is 13.2 Å². The summed E-state index contributed by atoms with van der Waals surface area (Å²) in [6, 6.07) is 5.86. The third-order valence-corrected chi connectivity index (χ3v) is 4.37. The van der Waals surface area contributed by atoms with Crippen LogP contribution < -0.4 is 4.72 Å². The van der Waals surface area contributed by atoms with Gasteiger partial charge in [0.05, 0.1) is 11.2 Å². The van der Waals surface area contributed by atoms with Gasteiger partial charge in [0.1, 0.15) is 10.5 Å². The van der Waals surface area contributed by atoms with Crippen LogP contribution in [0.2, 0.25) is 5.02 Å². The summed E-state index contributed by atoms with van der Waals surface area (Å²) in [4.78, 5) is 10.9. The first-order valence-electron chi connectivity index (χ1n) is 5.35. The monoisotopic (exact) mass is 315 g/mol. The van der Waals surface area contributed by atoms with E-state index in [2.05, 4.69) is 9.82 Å². The van der Waals surface area contributed by atoms with Crippen molar-refractivity contribution >= 4 is 33.4 Å². The molecule has 1 aromatic heterocycles. The van der Waals surface area contributed by atoms with Gasteiger partial charge in [-0.3, -0.25) is 9.40 Å². The summed E-state index contributed by atoms with van der Waals surface area (Å²) in [5.41, 5.74) is -0.247. The lowest BCUT2D eigenvalue weighted by atomic mass is 10.3. The first-order valence-corrected chi connectivity index (χ1v) is 7.21. The standard InChI is InChI=1S/C11H10ClN3O4S/c1-15-10(7(6-13-15)11(16)17)14-20(18,19)9-5-3-2-4-8(9)12/h2-6,14H,1H3,(H,16,17). The molecule has 0 radical (unpaired) electrons. The predicted octanol–water partition coefficient (Wildman–Crippen LogP) is 1.57. The fourth-order valence-electron chi connectivity index (χ4n) is 1.56. The van der Waals surface area contributed by atoms with Crippen molar-refractivity contribution in [2.24, 2.45) is 7.05 Å². The van der Waals surface area contributed by atoms with Gasteiger partial charge in [-0.05, 0) is 12.1 Å². The number of carbonyl (C=O) groups is 1. The molecule has 20 heavy (non-hydrogen) atoms. The van der Waals surface area contributed by atoms with Crippen molar-refractivity contribution in [3.05, 3.63) is 41.0 Å². The highest BCUT2D eigenvalue weighted by atomic mass is 35.5. The lowest BCUT2D eigenvalue weighted by Crippen LogP contribution is -2.17. The van der Waals surface area contributed by atoms with Crippen LogP contribution in [0.1, 0.15) is 10.4 Å². The van der Waals surface area contributed by atoms with E-state index < -0.39 is 16.0 Å². The molecule has 0 aliphatic carbocycles. The third kappa shape index (κ3) is 2.61. The summed E-state index contributed by atoms with van der Waals surface area (Å²) in [5, 5.41) is 12.7. The van der Waals surface area contributed by atoms with Crippen molar-refractivity contribution in [2.75, 3.05) is 4.72 Å². The molecule has 106 valence electrons. The minimum absolute atomic E-state index is 0.0408. The summed E-state index contributed by atoms with van der Waals surface area (Å²) >= 11 is 5.83. The van der Waals surface area contributed by atoms with Crippen LogP contribution in [-0.4, -0.2) is 29.3 Å². The number of aryl methyl sites for hydroxylation is 1. The molecule has 0 bridgehead atoms. The highest BCUT2D eigenvalue weighted by Crippen LogP contribution is 2.24. The summed E-state index contributed by atoms with van der Waals surface area (Å²) in [5.74, 6) is -1.42. The molecule has 2 aromatic rings. The normalized spacial score (nSPS) is 11.3. The average Bonchev–Trinajstić information content (AvgIpc) is 2.71. The number of rotatable bonds is 4. The second kappa shape index (κ2) is 5.14. The van der Waals surface area contributed by atoms with Crippen LogP contribution in [0.15, 0.2) is 35.4 Å². The lowest BCUT2D eigenvalue weighted by molar-refractivity contribution is 0.0698. The van der Waals surface area contributed by atoms with E-state index in [0.717, 1.165) is 10.9 Å². The fourth-order valence-corrected chi connectivity index (χ4v) is 3.19. The molecular weight excluding hydrogens is 306 g/mol. The van der Waals surface area contributed by atoms with Crippen LogP contribution in [-0.2, 0) is 17.1 Å². The lowest BCUT2D eigenvalue weighted by Gasteiger charge is -2.10. The number of nitrogens with one attached hydrogen (secondary N) is 1. The van der Waals surface area contributed by atoms with E-state index >= 15 is 0 Å².